The number of likely N-dealkylation sites (N-methyl/N-ethyl adjacent to an activating group) is 1. The van der Waals surface area contributed by atoms with Gasteiger partial charge in [0, 0.05) is 81.8 Å². The molecule has 8 amide bonds. The summed E-state index contributed by atoms with van der Waals surface area (Å²) in [7, 11) is 1.82. The van der Waals surface area contributed by atoms with Crippen LogP contribution in [0.1, 0.15) is 90.3 Å². The molecule has 4 saturated heterocycles. The largest absolute Gasteiger partial charge is 0.380 e. The number of likely N-dealkylation sites (tertiary alicyclic amines) is 1. The van der Waals surface area contributed by atoms with Crippen LogP contribution in [0.15, 0.2) is 48.7 Å². The molecule has 0 radical (unpaired) electrons. The van der Waals surface area contributed by atoms with Crippen LogP contribution in [0.5, 0.6) is 0 Å². The van der Waals surface area contributed by atoms with E-state index in [1.807, 2.05) is 41.1 Å². The Balaban J connectivity index is 0.776. The van der Waals surface area contributed by atoms with Gasteiger partial charge >= 0.3 is 6.03 Å². The molecule has 2 aromatic carbocycles. The number of carbonyl (C=O) groups excluding carboxylic acids is 7. The number of urea groups is 1. The first-order valence-electron chi connectivity index (χ1n) is 22.0. The van der Waals surface area contributed by atoms with E-state index in [2.05, 4.69) is 32.8 Å². The van der Waals surface area contributed by atoms with Gasteiger partial charge in [0.2, 0.25) is 23.6 Å². The molecule has 6 heterocycles. The summed E-state index contributed by atoms with van der Waals surface area (Å²) in [5, 5.41) is 8.40. The fourth-order valence-corrected chi connectivity index (χ4v) is 9.35. The SMILES string of the molecule is CN1CCN([C@@H]2CCCN(c3cnc(C(N)=O)c(Nc4ccc(C5(C)CCN(C(=O)CCOCCC(=O)Nc6cccc7c6CN(C6CCC(=O)NC6=O)C7=O)CC5)cc4)n3)C2)C1=O. The lowest BCUT2D eigenvalue weighted by Crippen LogP contribution is -2.52. The maximum atomic E-state index is 13.1. The summed E-state index contributed by atoms with van der Waals surface area (Å²) in [5.74, 6) is -1.33. The van der Waals surface area contributed by atoms with Crippen LogP contribution in [-0.4, -0.2) is 143 Å². The zero-order chi connectivity index (χ0) is 45.1. The second kappa shape index (κ2) is 18.6. The molecule has 3 aromatic rings. The van der Waals surface area contributed by atoms with Gasteiger partial charge in [0.05, 0.1) is 38.3 Å². The van der Waals surface area contributed by atoms with Crippen molar-refractivity contribution in [3.63, 3.8) is 0 Å². The van der Waals surface area contributed by atoms with Gasteiger partial charge < -0.3 is 45.6 Å². The fourth-order valence-electron chi connectivity index (χ4n) is 9.35. The number of nitrogens with one attached hydrogen (secondary N) is 3. The van der Waals surface area contributed by atoms with Gasteiger partial charge in [-0.1, -0.05) is 25.1 Å². The number of piperidine rings is 3. The number of primary amides is 1. The molecule has 19 nitrogen and oxygen atoms in total. The van der Waals surface area contributed by atoms with Crippen molar-refractivity contribution < 1.29 is 38.3 Å². The van der Waals surface area contributed by atoms with Gasteiger partial charge in [-0.3, -0.25) is 34.1 Å². The lowest BCUT2D eigenvalue weighted by molar-refractivity contribution is -0.137. The van der Waals surface area contributed by atoms with Crippen LogP contribution >= 0.6 is 0 Å². The molecular weight excluding hydrogens is 823 g/mol. The minimum atomic E-state index is -0.750. The number of aromatic nitrogens is 2. The Kier molecular flexibility index (Phi) is 12.8. The highest BCUT2D eigenvalue weighted by Gasteiger charge is 2.40. The molecule has 5 aliphatic heterocycles. The summed E-state index contributed by atoms with van der Waals surface area (Å²) >= 11 is 0. The Morgan fingerprint density at radius 3 is 2.42 bits per heavy atom. The van der Waals surface area contributed by atoms with Gasteiger partial charge in [0.1, 0.15) is 11.9 Å². The second-order valence-electron chi connectivity index (χ2n) is 17.5. The molecule has 0 bridgehead atoms. The molecule has 64 heavy (non-hydrogen) atoms. The van der Waals surface area contributed by atoms with Gasteiger partial charge in [-0.25, -0.2) is 14.8 Å². The van der Waals surface area contributed by atoms with E-state index in [-0.39, 0.29) is 98.1 Å². The summed E-state index contributed by atoms with van der Waals surface area (Å²) in [6.07, 6.45) is 5.54. The van der Waals surface area contributed by atoms with E-state index in [9.17, 15) is 33.6 Å². The molecule has 0 spiro atoms. The van der Waals surface area contributed by atoms with E-state index < -0.39 is 17.9 Å². The summed E-state index contributed by atoms with van der Waals surface area (Å²) in [6, 6.07) is 12.4. The molecule has 8 rings (SSSR count). The van der Waals surface area contributed by atoms with Crippen molar-refractivity contribution in [2.45, 2.75) is 82.3 Å². The predicted molar refractivity (Wildman–Crippen MR) is 235 cm³/mol. The number of nitrogens with two attached hydrogens (primary N) is 1. The van der Waals surface area contributed by atoms with E-state index >= 15 is 0 Å². The standard InChI is InChI=1S/C45H55N11O8/c1-45(28-8-10-29(11-9-28)48-41-39(40(46)60)47-25-35(50-41)54-18-4-5-30(26-54)55-22-21-52(2)44(55)63)16-19-53(20-17-45)38(59)15-24-64-23-14-37(58)49-33-7-3-6-31-32(33)27-56(43(31)62)34-12-13-36(57)51-42(34)61/h3,6-11,25,30,34H,4-5,12-24,26-27H2,1-2H3,(H2,46,60)(H,48,50)(H,49,58)(H,51,57,61)/t30-,34?/m1/s1. The minimum Gasteiger partial charge on any atom is -0.380 e. The highest BCUT2D eigenvalue weighted by molar-refractivity contribution is 6.07. The van der Waals surface area contributed by atoms with Crippen molar-refractivity contribution in [3.8, 4) is 0 Å². The van der Waals surface area contributed by atoms with Gasteiger partial charge in [-0.05, 0) is 67.3 Å². The maximum Gasteiger partial charge on any atom is 0.320 e. The fraction of sp³-hybridized carbons (Fsp3) is 0.489. The number of ether oxygens (including phenoxy) is 1. The van der Waals surface area contributed by atoms with Crippen LogP contribution in [0.4, 0.5) is 27.8 Å². The number of hydrogen-bond acceptors (Lipinski definition) is 12. The third-order valence-electron chi connectivity index (χ3n) is 13.3. The number of carbonyl (C=O) groups is 7. The number of benzene rings is 2. The predicted octanol–water partition coefficient (Wildman–Crippen LogP) is 2.73. The third-order valence-corrected chi connectivity index (χ3v) is 13.3. The Hall–Kier alpha value is -6.63. The van der Waals surface area contributed by atoms with E-state index in [1.165, 1.54) is 4.90 Å². The normalized spacial score (nSPS) is 20.9. The Morgan fingerprint density at radius 1 is 0.938 bits per heavy atom. The average molecular weight is 878 g/mol. The monoisotopic (exact) mass is 877 g/mol. The van der Waals surface area contributed by atoms with Crippen LogP contribution in [0.25, 0.3) is 0 Å². The molecule has 1 aromatic heterocycles. The molecule has 338 valence electrons. The first kappa shape index (κ1) is 44.0. The molecule has 1 unspecified atom stereocenters. The number of fused-ring (bicyclic) bond motifs is 1. The van der Waals surface area contributed by atoms with Gasteiger partial charge in [-0.2, -0.15) is 0 Å². The van der Waals surface area contributed by atoms with Crippen LogP contribution in [-0.2, 0) is 35.9 Å². The number of imide groups is 1. The lowest BCUT2D eigenvalue weighted by atomic mass is 9.74. The smallest absolute Gasteiger partial charge is 0.320 e. The first-order chi connectivity index (χ1) is 30.8. The Labute approximate surface area is 371 Å². The summed E-state index contributed by atoms with van der Waals surface area (Å²) < 4.78 is 5.68. The average Bonchev–Trinajstić information content (AvgIpc) is 3.81. The van der Waals surface area contributed by atoms with E-state index in [1.54, 1.807) is 29.3 Å². The van der Waals surface area contributed by atoms with Crippen LogP contribution in [0.3, 0.4) is 0 Å². The van der Waals surface area contributed by atoms with Crippen LogP contribution < -0.4 is 26.6 Å². The number of hydrogen-bond donors (Lipinski definition) is 4. The maximum absolute atomic E-state index is 13.1. The zero-order valence-electron chi connectivity index (χ0n) is 36.3. The topological polar surface area (TPSA) is 233 Å². The van der Waals surface area contributed by atoms with Crippen LogP contribution in [0.2, 0.25) is 0 Å². The van der Waals surface area contributed by atoms with Gasteiger partial charge in [-0.15, -0.1) is 0 Å². The molecule has 5 N–H and O–H groups in total. The number of amides is 8. The highest BCUT2D eigenvalue weighted by atomic mass is 16.5. The van der Waals surface area contributed by atoms with E-state index in [4.69, 9.17) is 15.5 Å². The van der Waals surface area contributed by atoms with Crippen molar-refractivity contribution in [2.24, 2.45) is 5.73 Å². The van der Waals surface area contributed by atoms with Crippen molar-refractivity contribution >= 4 is 64.5 Å². The quantitative estimate of drug-likeness (QED) is 0.135. The Bertz CT molecular complexity index is 2330. The molecule has 0 saturated carbocycles. The summed E-state index contributed by atoms with van der Waals surface area (Å²) in [4.78, 5) is 106. The lowest BCUT2D eigenvalue weighted by Gasteiger charge is -2.40. The van der Waals surface area contributed by atoms with Crippen molar-refractivity contribution in [3.05, 3.63) is 71.0 Å². The first-order valence-corrected chi connectivity index (χ1v) is 22.0. The second-order valence-corrected chi connectivity index (χ2v) is 17.5. The molecule has 2 atom stereocenters. The van der Waals surface area contributed by atoms with E-state index in [0.29, 0.717) is 61.0 Å². The molecule has 4 fully saturated rings. The summed E-state index contributed by atoms with van der Waals surface area (Å²) in [5.41, 5.74) is 8.92. The van der Waals surface area contributed by atoms with E-state index in [0.717, 1.165) is 37.8 Å². The number of nitrogens with zero attached hydrogens (tertiary/aromatic N) is 7. The summed E-state index contributed by atoms with van der Waals surface area (Å²) in [6.45, 7) is 6.59. The highest BCUT2D eigenvalue weighted by Crippen LogP contribution is 2.37. The molecule has 0 aliphatic carbocycles. The van der Waals surface area contributed by atoms with Gasteiger partial charge in [0.25, 0.3) is 11.8 Å². The van der Waals surface area contributed by atoms with Crippen molar-refractivity contribution in [2.75, 3.05) is 75.1 Å². The molecule has 5 aliphatic rings. The third kappa shape index (κ3) is 9.34. The Morgan fingerprint density at radius 2 is 1.70 bits per heavy atom. The molecule has 19 heteroatoms. The van der Waals surface area contributed by atoms with Crippen molar-refractivity contribution in [1.29, 1.82) is 0 Å². The van der Waals surface area contributed by atoms with Gasteiger partial charge in [0.15, 0.2) is 11.5 Å². The van der Waals surface area contributed by atoms with Crippen LogP contribution in [0, 0.1) is 0 Å². The minimum absolute atomic E-state index is 0.0121. The van der Waals surface area contributed by atoms with Crippen molar-refractivity contribution in [1.82, 2.24) is 34.9 Å². The molecular formula is C45H55N11O8. The zero-order valence-corrected chi connectivity index (χ0v) is 36.3. The number of rotatable bonds is 14. The number of anilines is 4.